The highest BCUT2D eigenvalue weighted by atomic mass is 32.2. The van der Waals surface area contributed by atoms with Crippen molar-refractivity contribution in [3.05, 3.63) is 34.3 Å². The lowest BCUT2D eigenvalue weighted by Crippen LogP contribution is -2.31. The van der Waals surface area contributed by atoms with Gasteiger partial charge in [-0.2, -0.15) is 9.83 Å². The lowest BCUT2D eigenvalue weighted by atomic mass is 10.3. The smallest absolute Gasteiger partial charge is 0.316 e. The van der Waals surface area contributed by atoms with Crippen LogP contribution in [0.5, 0.6) is 0 Å². The molecule has 0 saturated heterocycles. The van der Waals surface area contributed by atoms with Gasteiger partial charge in [-0.05, 0) is 19.9 Å². The first-order chi connectivity index (χ1) is 9.08. The number of allylic oxidation sites excluding steroid dienone is 1. The summed E-state index contributed by atoms with van der Waals surface area (Å²) in [5.74, 6) is -0.217. The van der Waals surface area contributed by atoms with E-state index in [0.717, 1.165) is 17.3 Å². The van der Waals surface area contributed by atoms with Crippen molar-refractivity contribution in [3.8, 4) is 6.07 Å². The Morgan fingerprint density at radius 1 is 1.63 bits per heavy atom. The molecule has 0 aliphatic heterocycles. The highest BCUT2D eigenvalue weighted by Crippen LogP contribution is 2.18. The maximum atomic E-state index is 11.2. The fourth-order valence-electron chi connectivity index (χ4n) is 1.34. The molecule has 0 saturated carbocycles. The Kier molecular flexibility index (Phi) is 6.33. The number of thioether (sulfide) groups is 1. The zero-order valence-electron chi connectivity index (χ0n) is 10.8. The predicted molar refractivity (Wildman–Crippen MR) is 76.7 cm³/mol. The monoisotopic (exact) mass is 294 g/mol. The minimum atomic E-state index is -0.332. The maximum Gasteiger partial charge on any atom is 0.316 e. The van der Waals surface area contributed by atoms with Crippen molar-refractivity contribution in [3.63, 3.8) is 0 Å². The van der Waals surface area contributed by atoms with Gasteiger partial charge in [0.25, 0.3) is 5.70 Å². The van der Waals surface area contributed by atoms with Crippen LogP contribution in [0.1, 0.15) is 12.5 Å². The molecule has 1 aromatic rings. The SMILES string of the molecule is CCOC(=O)CSC([S-])=C(C#N)[n+]1cccc(C)c1. The molecule has 19 heavy (non-hydrogen) atoms. The quantitative estimate of drug-likeness (QED) is 0.358. The number of esters is 1. The lowest BCUT2D eigenvalue weighted by Gasteiger charge is -2.10. The number of carbonyl (C=O) groups excluding carboxylic acids is 1. The van der Waals surface area contributed by atoms with Gasteiger partial charge in [0.1, 0.15) is 0 Å². The van der Waals surface area contributed by atoms with Gasteiger partial charge < -0.3 is 17.4 Å². The third-order valence-electron chi connectivity index (χ3n) is 2.13. The zero-order valence-corrected chi connectivity index (χ0v) is 12.4. The average Bonchev–Trinajstić information content (AvgIpc) is 2.38. The van der Waals surface area contributed by atoms with E-state index in [0.29, 0.717) is 16.5 Å². The van der Waals surface area contributed by atoms with Crippen LogP contribution in [0.3, 0.4) is 0 Å². The van der Waals surface area contributed by atoms with Crippen LogP contribution in [0.2, 0.25) is 0 Å². The van der Waals surface area contributed by atoms with Crippen LogP contribution in [0.25, 0.3) is 5.70 Å². The van der Waals surface area contributed by atoms with Crippen molar-refractivity contribution >= 4 is 36.1 Å². The molecule has 0 radical (unpaired) electrons. The van der Waals surface area contributed by atoms with Gasteiger partial charge in [0.05, 0.1) is 12.4 Å². The summed E-state index contributed by atoms with van der Waals surface area (Å²) in [7, 11) is 0. The van der Waals surface area contributed by atoms with Crippen molar-refractivity contribution in [2.45, 2.75) is 13.8 Å². The summed E-state index contributed by atoms with van der Waals surface area (Å²) in [6.07, 6.45) is 3.57. The largest absolute Gasteiger partial charge is 0.766 e. The molecule has 1 aromatic heterocycles. The molecular formula is C13H14N2O2S2. The molecule has 1 rings (SSSR count). The number of aryl methyl sites for hydroxylation is 1. The number of aromatic nitrogens is 1. The summed E-state index contributed by atoms with van der Waals surface area (Å²) in [6, 6.07) is 5.84. The van der Waals surface area contributed by atoms with Gasteiger partial charge >= 0.3 is 5.97 Å². The van der Waals surface area contributed by atoms with Crippen molar-refractivity contribution in [1.29, 1.82) is 5.26 Å². The molecule has 0 aliphatic rings. The van der Waals surface area contributed by atoms with Crippen LogP contribution >= 0.6 is 11.8 Å². The molecule has 4 nitrogen and oxygen atoms in total. The minimum absolute atomic E-state index is 0.115. The topological polar surface area (TPSA) is 54.0 Å². The Hall–Kier alpha value is -1.58. The number of hydrogen-bond acceptors (Lipinski definition) is 5. The summed E-state index contributed by atoms with van der Waals surface area (Å²) in [4.78, 5) is 11.2. The van der Waals surface area contributed by atoms with E-state index in [9.17, 15) is 10.1 Å². The second kappa shape index (κ2) is 7.77. The summed E-state index contributed by atoms with van der Waals surface area (Å²) < 4.78 is 6.86. The molecule has 1 heterocycles. The predicted octanol–water partition coefficient (Wildman–Crippen LogP) is 1.78. The van der Waals surface area contributed by atoms with Crippen LogP contribution in [0.4, 0.5) is 0 Å². The van der Waals surface area contributed by atoms with E-state index in [1.165, 1.54) is 0 Å². The molecule has 0 bridgehead atoms. The normalized spacial score (nSPS) is 11.4. The Morgan fingerprint density at radius 2 is 2.37 bits per heavy atom. The van der Waals surface area contributed by atoms with Crippen molar-refractivity contribution in [2.75, 3.05) is 12.4 Å². The highest BCUT2D eigenvalue weighted by molar-refractivity contribution is 8.11. The molecule has 100 valence electrons. The van der Waals surface area contributed by atoms with E-state index in [-0.39, 0.29) is 11.7 Å². The number of pyridine rings is 1. The number of nitrogens with zero attached hydrogens (tertiary/aromatic N) is 2. The van der Waals surface area contributed by atoms with Gasteiger partial charge in [-0.1, -0.05) is 4.24 Å². The van der Waals surface area contributed by atoms with Gasteiger partial charge in [0.2, 0.25) is 0 Å². The van der Waals surface area contributed by atoms with Crippen LogP contribution in [0, 0.1) is 18.3 Å². The summed E-state index contributed by atoms with van der Waals surface area (Å²) in [6.45, 7) is 4.02. The number of hydrogen-bond donors (Lipinski definition) is 0. The van der Waals surface area contributed by atoms with E-state index in [1.54, 1.807) is 17.7 Å². The minimum Gasteiger partial charge on any atom is -0.766 e. The molecule has 0 spiro atoms. The first-order valence-electron chi connectivity index (χ1n) is 5.66. The first kappa shape index (κ1) is 15.5. The number of nitriles is 1. The first-order valence-corrected chi connectivity index (χ1v) is 7.06. The summed E-state index contributed by atoms with van der Waals surface area (Å²) in [5, 5.41) is 9.18. The number of ether oxygens (including phenoxy) is 1. The third kappa shape index (κ3) is 4.89. The van der Waals surface area contributed by atoms with Gasteiger partial charge in [-0.25, -0.2) is 0 Å². The molecule has 0 aromatic carbocycles. The molecule has 0 aliphatic carbocycles. The van der Waals surface area contributed by atoms with Gasteiger partial charge in [-0.3, -0.25) is 4.79 Å². The molecule has 6 heteroatoms. The molecule has 0 fully saturated rings. The standard InChI is InChI=1S/C13H14N2O2S2/c1-3-17-12(16)9-19-13(18)11(7-14)15-6-4-5-10(2)8-15/h4-6,8H,3,9H2,1-2H3. The fraction of sp³-hybridized carbons (Fsp3) is 0.308. The van der Waals surface area contributed by atoms with Gasteiger partial charge in [-0.15, -0.1) is 11.8 Å². The van der Waals surface area contributed by atoms with Crippen LogP contribution in [0.15, 0.2) is 28.8 Å². The van der Waals surface area contributed by atoms with E-state index >= 15 is 0 Å². The molecule has 0 unspecified atom stereocenters. The van der Waals surface area contributed by atoms with E-state index in [4.69, 9.17) is 17.4 Å². The van der Waals surface area contributed by atoms with Gasteiger partial charge in [0.15, 0.2) is 18.5 Å². The van der Waals surface area contributed by atoms with E-state index < -0.39 is 0 Å². The van der Waals surface area contributed by atoms with E-state index in [2.05, 4.69) is 6.07 Å². The Morgan fingerprint density at radius 3 is 2.95 bits per heavy atom. The molecule has 0 N–H and O–H groups in total. The highest BCUT2D eigenvalue weighted by Gasteiger charge is 2.11. The summed E-state index contributed by atoms with van der Waals surface area (Å²) in [5.41, 5.74) is 1.36. The number of rotatable bonds is 5. The van der Waals surface area contributed by atoms with Crippen molar-refractivity contribution in [1.82, 2.24) is 0 Å². The second-order valence-corrected chi connectivity index (χ2v) is 5.28. The van der Waals surface area contributed by atoms with Crippen molar-refractivity contribution in [2.24, 2.45) is 0 Å². The van der Waals surface area contributed by atoms with Crippen LogP contribution < -0.4 is 4.57 Å². The fourth-order valence-corrected chi connectivity index (χ4v) is 2.28. The summed E-state index contributed by atoms with van der Waals surface area (Å²) >= 11 is 6.31. The van der Waals surface area contributed by atoms with Crippen LogP contribution in [-0.4, -0.2) is 18.3 Å². The Bertz CT molecular complexity index is 536. The average molecular weight is 294 g/mol. The van der Waals surface area contributed by atoms with Crippen LogP contribution in [-0.2, 0) is 22.2 Å². The molecule has 0 atom stereocenters. The molecular weight excluding hydrogens is 280 g/mol. The molecule has 0 amide bonds. The van der Waals surface area contributed by atoms with E-state index in [1.807, 2.05) is 25.3 Å². The number of carbonyl (C=O) groups is 1. The zero-order chi connectivity index (χ0) is 14.3. The van der Waals surface area contributed by atoms with Crippen molar-refractivity contribution < 1.29 is 14.1 Å². The van der Waals surface area contributed by atoms with Gasteiger partial charge in [0, 0.05) is 11.6 Å². The third-order valence-corrected chi connectivity index (χ3v) is 3.51. The Balaban J connectivity index is 2.85. The maximum absolute atomic E-state index is 11.2. The second-order valence-electron chi connectivity index (χ2n) is 3.63. The Labute approximate surface area is 122 Å². The lowest BCUT2D eigenvalue weighted by molar-refractivity contribution is -0.578.